The van der Waals surface area contributed by atoms with Gasteiger partial charge in [0.25, 0.3) is 0 Å². The highest BCUT2D eigenvalue weighted by atomic mass is 35.5. The van der Waals surface area contributed by atoms with Crippen LogP contribution in [0.2, 0.25) is 10.0 Å². The van der Waals surface area contributed by atoms with Crippen molar-refractivity contribution >= 4 is 29.2 Å². The van der Waals surface area contributed by atoms with E-state index in [4.69, 9.17) is 32.7 Å². The van der Waals surface area contributed by atoms with Crippen LogP contribution in [0.25, 0.3) is 0 Å². The number of halogens is 2. The molecule has 0 aliphatic carbocycles. The van der Waals surface area contributed by atoms with Gasteiger partial charge in [0.15, 0.2) is 0 Å². The largest absolute Gasteiger partial charge is 0.463 e. The number of hydrogen-bond acceptors (Lipinski definition) is 3. The normalized spacial score (nSPS) is 14.3. The van der Waals surface area contributed by atoms with E-state index in [0.717, 1.165) is 30.4 Å². The minimum atomic E-state index is -0.277. The molecule has 0 N–H and O–H groups in total. The summed E-state index contributed by atoms with van der Waals surface area (Å²) in [6.07, 6.45) is 3.47. The zero-order valence-electron chi connectivity index (χ0n) is 18.9. The zero-order valence-corrected chi connectivity index (χ0v) is 20.5. The molecule has 5 heteroatoms. The molecule has 31 heavy (non-hydrogen) atoms. The molecule has 0 aromatic heterocycles. The highest BCUT2D eigenvalue weighted by Crippen LogP contribution is 2.40. The van der Waals surface area contributed by atoms with E-state index in [2.05, 4.69) is 13.0 Å². The van der Waals surface area contributed by atoms with Crippen LogP contribution in [0.15, 0.2) is 48.5 Å². The minimum Gasteiger partial charge on any atom is -0.463 e. The predicted molar refractivity (Wildman–Crippen MR) is 129 cm³/mol. The molecule has 0 bridgehead atoms. The Hall–Kier alpha value is -1.55. The third-order valence-corrected chi connectivity index (χ3v) is 5.73. The van der Waals surface area contributed by atoms with Crippen molar-refractivity contribution < 1.29 is 14.3 Å². The molecule has 0 heterocycles. The topological polar surface area (TPSA) is 35.5 Å². The fourth-order valence-electron chi connectivity index (χ4n) is 3.66. The van der Waals surface area contributed by atoms with E-state index >= 15 is 0 Å². The lowest BCUT2D eigenvalue weighted by atomic mass is 9.82. The van der Waals surface area contributed by atoms with Crippen LogP contribution < -0.4 is 0 Å². The number of esters is 1. The van der Waals surface area contributed by atoms with Gasteiger partial charge in [-0.3, -0.25) is 4.79 Å². The van der Waals surface area contributed by atoms with Crippen molar-refractivity contribution in [3.8, 4) is 0 Å². The Balaban J connectivity index is 2.38. The van der Waals surface area contributed by atoms with Crippen LogP contribution >= 0.6 is 23.2 Å². The molecular weight excluding hydrogens is 431 g/mol. The van der Waals surface area contributed by atoms with Gasteiger partial charge in [-0.1, -0.05) is 74.2 Å². The van der Waals surface area contributed by atoms with Crippen LogP contribution in [0.5, 0.6) is 0 Å². The van der Waals surface area contributed by atoms with Crippen LogP contribution in [-0.4, -0.2) is 18.7 Å². The summed E-state index contributed by atoms with van der Waals surface area (Å²) in [6.45, 7) is 8.48. The average molecular weight is 465 g/mol. The molecule has 0 amide bonds. The quantitative estimate of drug-likeness (QED) is 0.235. The number of carbonyl (C=O) groups is 1. The van der Waals surface area contributed by atoms with Crippen molar-refractivity contribution in [2.45, 2.75) is 71.5 Å². The Labute approximate surface area is 197 Å². The standard InChI is InChI=1S/C26H34Cl2O3/c1-5-6-7-15-30-25(20-11-13-22(27)14-12-20)24(21-9-8-10-23(28)17-21)16-19(4)26(29)31-18(2)3/h8-14,17-19,24-25H,5-7,15-16H2,1-4H3. The van der Waals surface area contributed by atoms with Gasteiger partial charge >= 0.3 is 5.97 Å². The van der Waals surface area contributed by atoms with Gasteiger partial charge in [-0.25, -0.2) is 0 Å². The number of unbranched alkanes of at least 4 members (excludes halogenated alkanes) is 2. The molecule has 2 aromatic carbocycles. The lowest BCUT2D eigenvalue weighted by Crippen LogP contribution is -2.24. The summed E-state index contributed by atoms with van der Waals surface area (Å²) in [6, 6.07) is 15.6. The number of hydrogen-bond donors (Lipinski definition) is 0. The van der Waals surface area contributed by atoms with E-state index in [-0.39, 0.29) is 30.0 Å². The van der Waals surface area contributed by atoms with Gasteiger partial charge in [0, 0.05) is 22.6 Å². The van der Waals surface area contributed by atoms with Crippen molar-refractivity contribution in [2.24, 2.45) is 5.92 Å². The van der Waals surface area contributed by atoms with E-state index in [1.807, 2.05) is 63.2 Å². The van der Waals surface area contributed by atoms with E-state index < -0.39 is 0 Å². The number of benzene rings is 2. The number of ether oxygens (including phenoxy) is 2. The van der Waals surface area contributed by atoms with Crippen molar-refractivity contribution in [3.63, 3.8) is 0 Å². The Morgan fingerprint density at radius 1 is 0.935 bits per heavy atom. The van der Waals surface area contributed by atoms with Crippen molar-refractivity contribution in [1.82, 2.24) is 0 Å². The molecule has 0 saturated carbocycles. The SMILES string of the molecule is CCCCCOC(c1ccc(Cl)cc1)C(CC(C)C(=O)OC(C)C)c1cccc(Cl)c1. The Kier molecular flexibility index (Phi) is 10.9. The summed E-state index contributed by atoms with van der Waals surface area (Å²) in [5.74, 6) is -0.528. The third kappa shape index (κ3) is 8.48. The molecular formula is C26H34Cl2O3. The molecule has 0 aliphatic rings. The molecule has 0 fully saturated rings. The van der Waals surface area contributed by atoms with Crippen LogP contribution in [0.1, 0.15) is 76.5 Å². The highest BCUT2D eigenvalue weighted by molar-refractivity contribution is 6.30. The maximum atomic E-state index is 12.6. The summed E-state index contributed by atoms with van der Waals surface area (Å²) >= 11 is 12.5. The monoisotopic (exact) mass is 464 g/mol. The number of carbonyl (C=O) groups excluding carboxylic acids is 1. The first-order valence-corrected chi connectivity index (χ1v) is 11.9. The molecule has 170 valence electrons. The summed E-state index contributed by atoms with van der Waals surface area (Å²) in [4.78, 5) is 12.6. The number of rotatable bonds is 12. The van der Waals surface area contributed by atoms with Gasteiger partial charge in [0.1, 0.15) is 0 Å². The lowest BCUT2D eigenvalue weighted by Gasteiger charge is -2.30. The van der Waals surface area contributed by atoms with Gasteiger partial charge in [0.05, 0.1) is 18.1 Å². The van der Waals surface area contributed by atoms with Gasteiger partial charge in [-0.05, 0) is 62.1 Å². The van der Waals surface area contributed by atoms with E-state index in [1.54, 1.807) is 0 Å². The Bertz CT molecular complexity index is 805. The Morgan fingerprint density at radius 3 is 2.26 bits per heavy atom. The summed E-state index contributed by atoms with van der Waals surface area (Å²) < 4.78 is 11.9. The second-order valence-electron chi connectivity index (χ2n) is 8.33. The minimum absolute atomic E-state index is 0.0591. The first-order valence-electron chi connectivity index (χ1n) is 11.1. The van der Waals surface area contributed by atoms with Gasteiger partial charge in [-0.15, -0.1) is 0 Å². The maximum Gasteiger partial charge on any atom is 0.308 e. The highest BCUT2D eigenvalue weighted by Gasteiger charge is 2.30. The van der Waals surface area contributed by atoms with Crippen molar-refractivity contribution in [2.75, 3.05) is 6.61 Å². The first-order chi connectivity index (χ1) is 14.8. The molecule has 2 rings (SSSR count). The van der Waals surface area contributed by atoms with Crippen LogP contribution in [-0.2, 0) is 14.3 Å². The summed E-state index contributed by atoms with van der Waals surface area (Å²) in [5.41, 5.74) is 2.09. The summed E-state index contributed by atoms with van der Waals surface area (Å²) in [5, 5.41) is 1.35. The average Bonchev–Trinajstić information content (AvgIpc) is 2.73. The van der Waals surface area contributed by atoms with Gasteiger partial charge in [-0.2, -0.15) is 0 Å². The predicted octanol–water partition coefficient (Wildman–Crippen LogP) is 8.00. The first kappa shape index (κ1) is 25.7. The molecule has 3 unspecified atom stereocenters. The molecule has 0 spiro atoms. The molecule has 3 nitrogen and oxygen atoms in total. The van der Waals surface area contributed by atoms with Gasteiger partial charge < -0.3 is 9.47 Å². The molecule has 0 saturated heterocycles. The maximum absolute atomic E-state index is 12.6. The fourth-order valence-corrected chi connectivity index (χ4v) is 3.98. The van der Waals surface area contributed by atoms with Crippen molar-refractivity contribution in [3.05, 3.63) is 69.7 Å². The van der Waals surface area contributed by atoms with Crippen LogP contribution in [0.4, 0.5) is 0 Å². The summed E-state index contributed by atoms with van der Waals surface area (Å²) in [7, 11) is 0. The van der Waals surface area contributed by atoms with Crippen LogP contribution in [0.3, 0.4) is 0 Å². The molecule has 0 radical (unpaired) electrons. The second-order valence-corrected chi connectivity index (χ2v) is 9.21. The lowest BCUT2D eigenvalue weighted by molar-refractivity contribution is -0.152. The third-order valence-electron chi connectivity index (χ3n) is 5.25. The van der Waals surface area contributed by atoms with Crippen molar-refractivity contribution in [1.29, 1.82) is 0 Å². The zero-order chi connectivity index (χ0) is 22.8. The van der Waals surface area contributed by atoms with E-state index in [0.29, 0.717) is 23.1 Å². The van der Waals surface area contributed by atoms with Crippen LogP contribution in [0, 0.1) is 5.92 Å². The molecule has 0 aliphatic heterocycles. The second kappa shape index (κ2) is 13.1. The Morgan fingerprint density at radius 2 is 1.65 bits per heavy atom. The van der Waals surface area contributed by atoms with Gasteiger partial charge in [0.2, 0.25) is 0 Å². The smallest absolute Gasteiger partial charge is 0.308 e. The molecule has 2 aromatic rings. The molecule has 3 atom stereocenters. The fraction of sp³-hybridized carbons (Fsp3) is 0.500. The van der Waals surface area contributed by atoms with E-state index in [1.165, 1.54) is 0 Å². The van der Waals surface area contributed by atoms with E-state index in [9.17, 15) is 4.79 Å².